The summed E-state index contributed by atoms with van der Waals surface area (Å²) in [6, 6.07) is 15.8. The van der Waals surface area contributed by atoms with Crippen molar-refractivity contribution in [2.24, 2.45) is 0 Å². The highest BCUT2D eigenvalue weighted by Gasteiger charge is 2.14. The van der Waals surface area contributed by atoms with E-state index >= 15 is 0 Å². The molecule has 0 bridgehead atoms. The number of hydrogen-bond donors (Lipinski definition) is 0. The molecule has 0 amide bonds. The Labute approximate surface area is 146 Å². The first-order valence-electron chi connectivity index (χ1n) is 6.34. The summed E-state index contributed by atoms with van der Waals surface area (Å²) >= 11 is 14.9. The van der Waals surface area contributed by atoms with Gasteiger partial charge in [0.25, 0.3) is 0 Å². The van der Waals surface area contributed by atoms with E-state index < -0.39 is 0 Å². The quantitative estimate of drug-likeness (QED) is 0.400. The minimum absolute atomic E-state index is 0.267. The van der Waals surface area contributed by atoms with Gasteiger partial charge in [-0.15, -0.1) is 11.6 Å². The highest BCUT2D eigenvalue weighted by atomic mass is 127. The Kier molecular flexibility index (Phi) is 4.52. The Bertz CT molecular complexity index is 756. The van der Waals surface area contributed by atoms with E-state index in [1.807, 2.05) is 59.4 Å². The highest BCUT2D eigenvalue weighted by molar-refractivity contribution is 14.1. The van der Waals surface area contributed by atoms with Crippen LogP contribution in [0.1, 0.15) is 16.5 Å². The van der Waals surface area contributed by atoms with Crippen molar-refractivity contribution in [3.63, 3.8) is 0 Å². The van der Waals surface area contributed by atoms with Gasteiger partial charge in [-0.3, -0.25) is 0 Å². The van der Waals surface area contributed by atoms with Crippen LogP contribution in [0.5, 0.6) is 0 Å². The molecule has 1 unspecified atom stereocenters. The lowest BCUT2D eigenvalue weighted by Crippen LogP contribution is -1.94. The molecular weight excluding hydrogens is 418 g/mol. The zero-order valence-corrected chi connectivity index (χ0v) is 14.5. The molecule has 2 nitrogen and oxygen atoms in total. The number of hydrogen-bond acceptors (Lipinski definition) is 1. The zero-order valence-electron chi connectivity index (χ0n) is 10.9. The van der Waals surface area contributed by atoms with E-state index in [-0.39, 0.29) is 5.38 Å². The molecule has 1 aromatic heterocycles. The van der Waals surface area contributed by atoms with E-state index in [2.05, 4.69) is 27.7 Å². The normalized spacial score (nSPS) is 12.3. The molecule has 0 aliphatic heterocycles. The molecule has 5 heteroatoms. The van der Waals surface area contributed by atoms with Crippen molar-refractivity contribution in [2.45, 2.75) is 5.38 Å². The summed E-state index contributed by atoms with van der Waals surface area (Å²) < 4.78 is 2.83. The molecule has 0 saturated carbocycles. The molecule has 1 atom stereocenters. The monoisotopic (exact) mass is 428 g/mol. The predicted molar refractivity (Wildman–Crippen MR) is 95.4 cm³/mol. The van der Waals surface area contributed by atoms with Crippen molar-refractivity contribution in [1.82, 2.24) is 9.78 Å². The number of rotatable bonds is 3. The SMILES string of the molecule is Clc1cc(C(Cl)c2cnn(-c3ccccc3)c2)ccc1I. The number of alkyl halides is 1. The van der Waals surface area contributed by atoms with E-state index in [0.29, 0.717) is 5.02 Å². The maximum absolute atomic E-state index is 6.54. The summed E-state index contributed by atoms with van der Waals surface area (Å²) in [7, 11) is 0. The van der Waals surface area contributed by atoms with Crippen molar-refractivity contribution < 1.29 is 0 Å². The molecule has 2 aromatic carbocycles. The number of benzene rings is 2. The fourth-order valence-electron chi connectivity index (χ4n) is 2.05. The van der Waals surface area contributed by atoms with Gasteiger partial charge in [0.2, 0.25) is 0 Å². The maximum atomic E-state index is 6.54. The minimum atomic E-state index is -0.267. The van der Waals surface area contributed by atoms with Crippen molar-refractivity contribution in [3.05, 3.63) is 80.6 Å². The molecule has 0 fully saturated rings. The molecule has 21 heavy (non-hydrogen) atoms. The third kappa shape index (κ3) is 3.25. The van der Waals surface area contributed by atoms with E-state index in [1.165, 1.54) is 0 Å². The Hall–Kier alpha value is -1.04. The number of aromatic nitrogens is 2. The molecule has 0 spiro atoms. The van der Waals surface area contributed by atoms with Crippen molar-refractivity contribution >= 4 is 45.8 Å². The van der Waals surface area contributed by atoms with Gasteiger partial charge in [0.05, 0.1) is 22.3 Å². The van der Waals surface area contributed by atoms with Crippen LogP contribution in [0.4, 0.5) is 0 Å². The van der Waals surface area contributed by atoms with Crippen LogP contribution in [0.2, 0.25) is 5.02 Å². The second kappa shape index (κ2) is 6.38. The second-order valence-electron chi connectivity index (χ2n) is 4.59. The van der Waals surface area contributed by atoms with Crippen LogP contribution in [-0.2, 0) is 0 Å². The fraction of sp³-hybridized carbons (Fsp3) is 0.0625. The van der Waals surface area contributed by atoms with Gasteiger partial charge >= 0.3 is 0 Å². The summed E-state index contributed by atoms with van der Waals surface area (Å²) in [4.78, 5) is 0. The maximum Gasteiger partial charge on any atom is 0.0866 e. The second-order valence-corrected chi connectivity index (χ2v) is 6.60. The molecule has 0 aliphatic carbocycles. The van der Waals surface area contributed by atoms with Crippen LogP contribution in [0.3, 0.4) is 0 Å². The van der Waals surface area contributed by atoms with Crippen LogP contribution in [0.15, 0.2) is 60.9 Å². The average Bonchev–Trinajstić information content (AvgIpc) is 3.00. The Morgan fingerprint density at radius 3 is 2.52 bits per heavy atom. The third-order valence-corrected chi connectivity index (χ3v) is 5.23. The Balaban J connectivity index is 1.90. The van der Waals surface area contributed by atoms with Crippen molar-refractivity contribution in [1.29, 1.82) is 0 Å². The van der Waals surface area contributed by atoms with Gasteiger partial charge < -0.3 is 0 Å². The first-order valence-corrected chi connectivity index (χ1v) is 8.23. The van der Waals surface area contributed by atoms with Gasteiger partial charge in [-0.1, -0.05) is 35.9 Å². The van der Waals surface area contributed by atoms with Gasteiger partial charge in [-0.05, 0) is 52.4 Å². The first kappa shape index (κ1) is 14.9. The summed E-state index contributed by atoms with van der Waals surface area (Å²) in [5.41, 5.74) is 2.92. The molecule has 1 heterocycles. The lowest BCUT2D eigenvalue weighted by molar-refractivity contribution is 0.880. The van der Waals surface area contributed by atoms with Gasteiger partial charge in [0, 0.05) is 15.3 Å². The molecule has 3 aromatic rings. The fourth-order valence-corrected chi connectivity index (χ4v) is 2.82. The van der Waals surface area contributed by atoms with E-state index in [9.17, 15) is 0 Å². The summed E-state index contributed by atoms with van der Waals surface area (Å²) in [6.07, 6.45) is 3.73. The Morgan fingerprint density at radius 2 is 1.81 bits per heavy atom. The van der Waals surface area contributed by atoms with E-state index in [1.54, 1.807) is 6.20 Å². The molecular formula is C16H11Cl2IN2. The molecule has 0 N–H and O–H groups in total. The largest absolute Gasteiger partial charge is 0.241 e. The van der Waals surface area contributed by atoms with Gasteiger partial charge in [-0.25, -0.2) is 4.68 Å². The lowest BCUT2D eigenvalue weighted by atomic mass is 10.1. The van der Waals surface area contributed by atoms with E-state index in [4.69, 9.17) is 23.2 Å². The van der Waals surface area contributed by atoms with Crippen LogP contribution >= 0.6 is 45.8 Å². The topological polar surface area (TPSA) is 17.8 Å². The summed E-state index contributed by atoms with van der Waals surface area (Å²) in [5.74, 6) is 0. The molecule has 0 aliphatic rings. The standard InChI is InChI=1S/C16H11Cl2IN2/c17-14-8-11(6-7-15(14)19)16(18)12-9-20-21(10-12)13-4-2-1-3-5-13/h1-10,16H. The van der Waals surface area contributed by atoms with Crippen LogP contribution in [0, 0.1) is 3.57 Å². The highest BCUT2D eigenvalue weighted by Crippen LogP contribution is 2.32. The van der Waals surface area contributed by atoms with Crippen molar-refractivity contribution in [3.8, 4) is 5.69 Å². The molecule has 106 valence electrons. The van der Waals surface area contributed by atoms with Gasteiger partial charge in [-0.2, -0.15) is 5.10 Å². The minimum Gasteiger partial charge on any atom is -0.241 e. The molecule has 3 rings (SSSR count). The lowest BCUT2D eigenvalue weighted by Gasteiger charge is -2.08. The predicted octanol–water partition coefficient (Wildman–Crippen LogP) is 5.46. The van der Waals surface area contributed by atoms with Crippen LogP contribution < -0.4 is 0 Å². The molecule has 0 saturated heterocycles. The average molecular weight is 429 g/mol. The van der Waals surface area contributed by atoms with Crippen molar-refractivity contribution in [2.75, 3.05) is 0 Å². The van der Waals surface area contributed by atoms with E-state index in [0.717, 1.165) is 20.4 Å². The van der Waals surface area contributed by atoms with Gasteiger partial charge in [0.15, 0.2) is 0 Å². The van der Waals surface area contributed by atoms with Gasteiger partial charge in [0.1, 0.15) is 0 Å². The number of para-hydroxylation sites is 1. The zero-order chi connectivity index (χ0) is 14.8. The number of halogens is 3. The van der Waals surface area contributed by atoms with Crippen LogP contribution in [0.25, 0.3) is 5.69 Å². The number of nitrogens with zero attached hydrogens (tertiary/aromatic N) is 2. The smallest absolute Gasteiger partial charge is 0.0866 e. The Morgan fingerprint density at radius 1 is 1.05 bits per heavy atom. The van der Waals surface area contributed by atoms with Crippen LogP contribution in [-0.4, -0.2) is 9.78 Å². The summed E-state index contributed by atoms with van der Waals surface area (Å²) in [6.45, 7) is 0. The molecule has 0 radical (unpaired) electrons. The first-order chi connectivity index (χ1) is 10.1. The summed E-state index contributed by atoms with van der Waals surface area (Å²) in [5, 5.41) is 4.82. The third-order valence-electron chi connectivity index (χ3n) is 3.15.